The van der Waals surface area contributed by atoms with Gasteiger partial charge in [-0.1, -0.05) is 146 Å². The zero-order valence-electron chi connectivity index (χ0n) is 30.2. The molecule has 0 saturated carbocycles. The van der Waals surface area contributed by atoms with Crippen LogP contribution in [0.3, 0.4) is 0 Å². The number of para-hydroxylation sites is 3. The maximum atomic E-state index is 6.28. The van der Waals surface area contributed by atoms with Crippen LogP contribution < -0.4 is 0 Å². The molecule has 0 aliphatic carbocycles. The maximum Gasteiger partial charge on any atom is 0.164 e. The SMILES string of the molecule is c1ccc(-c2ccc(-c3nc(-c4cccc(-c5cccc(-n6c7ccccc7c7ccccc76)c5)c4)nc(-c4ccc5c(c4)oc4ccccc45)n3)cc2)cc1. The molecule has 5 heteroatoms. The van der Waals surface area contributed by atoms with Crippen LogP contribution in [0, 0.1) is 0 Å². The smallest absolute Gasteiger partial charge is 0.164 e. The Morgan fingerprint density at radius 1 is 0.304 bits per heavy atom. The van der Waals surface area contributed by atoms with Crippen LogP contribution in [-0.4, -0.2) is 19.5 Å². The quantitative estimate of drug-likeness (QED) is 0.172. The molecule has 0 N–H and O–H groups in total. The molecule has 8 aromatic carbocycles. The number of aromatic nitrogens is 4. The topological polar surface area (TPSA) is 56.7 Å². The van der Waals surface area contributed by atoms with E-state index in [1.165, 1.54) is 21.8 Å². The van der Waals surface area contributed by atoms with Gasteiger partial charge in [0.15, 0.2) is 17.5 Å². The highest BCUT2D eigenvalue weighted by molar-refractivity contribution is 6.09. The van der Waals surface area contributed by atoms with Gasteiger partial charge in [0.2, 0.25) is 0 Å². The van der Waals surface area contributed by atoms with E-state index in [4.69, 9.17) is 19.4 Å². The van der Waals surface area contributed by atoms with Crippen LogP contribution in [0.2, 0.25) is 0 Å². The molecular formula is C51H32N4O. The molecule has 0 unspecified atom stereocenters. The largest absolute Gasteiger partial charge is 0.456 e. The fourth-order valence-corrected chi connectivity index (χ4v) is 7.93. The van der Waals surface area contributed by atoms with Gasteiger partial charge >= 0.3 is 0 Å². The third kappa shape index (κ3) is 5.45. The minimum absolute atomic E-state index is 0.582. The molecule has 0 fully saturated rings. The van der Waals surface area contributed by atoms with E-state index in [-0.39, 0.29) is 0 Å². The first-order valence-corrected chi connectivity index (χ1v) is 18.8. The maximum absolute atomic E-state index is 6.28. The second kappa shape index (κ2) is 13.0. The number of fused-ring (bicyclic) bond motifs is 6. The summed E-state index contributed by atoms with van der Waals surface area (Å²) >= 11 is 0. The Morgan fingerprint density at radius 2 is 0.786 bits per heavy atom. The minimum atomic E-state index is 0.582. The van der Waals surface area contributed by atoms with E-state index >= 15 is 0 Å². The molecular weight excluding hydrogens is 685 g/mol. The van der Waals surface area contributed by atoms with E-state index in [0.29, 0.717) is 17.5 Å². The zero-order valence-corrected chi connectivity index (χ0v) is 30.2. The first-order chi connectivity index (χ1) is 27.7. The van der Waals surface area contributed by atoms with Gasteiger partial charge < -0.3 is 8.98 Å². The Morgan fingerprint density at radius 3 is 1.52 bits per heavy atom. The summed E-state index contributed by atoms with van der Waals surface area (Å²) in [7, 11) is 0. The van der Waals surface area contributed by atoms with Crippen LogP contribution in [0.25, 0.3) is 106 Å². The number of nitrogens with zero attached hydrogens (tertiary/aromatic N) is 4. The summed E-state index contributed by atoms with van der Waals surface area (Å²) in [6.45, 7) is 0. The molecule has 56 heavy (non-hydrogen) atoms. The van der Waals surface area contributed by atoms with E-state index in [1.54, 1.807) is 0 Å². The monoisotopic (exact) mass is 716 g/mol. The lowest BCUT2D eigenvalue weighted by molar-refractivity contribution is 0.669. The fourth-order valence-electron chi connectivity index (χ4n) is 7.93. The van der Waals surface area contributed by atoms with Gasteiger partial charge in [-0.15, -0.1) is 0 Å². The molecule has 0 bridgehead atoms. The van der Waals surface area contributed by atoms with Gasteiger partial charge in [0, 0.05) is 43.9 Å². The van der Waals surface area contributed by atoms with Crippen molar-refractivity contribution in [2.24, 2.45) is 0 Å². The van der Waals surface area contributed by atoms with Crippen molar-refractivity contribution in [2.45, 2.75) is 0 Å². The first-order valence-electron chi connectivity index (χ1n) is 18.8. The Kier molecular flexibility index (Phi) is 7.42. The molecule has 262 valence electrons. The van der Waals surface area contributed by atoms with Crippen molar-refractivity contribution in [1.82, 2.24) is 19.5 Å². The van der Waals surface area contributed by atoms with Crippen LogP contribution in [0.5, 0.6) is 0 Å². The molecule has 0 aliphatic heterocycles. The molecule has 5 nitrogen and oxygen atoms in total. The number of benzene rings is 8. The van der Waals surface area contributed by atoms with Crippen molar-refractivity contribution < 1.29 is 4.42 Å². The summed E-state index contributed by atoms with van der Waals surface area (Å²) in [5.74, 6) is 1.79. The van der Waals surface area contributed by atoms with Crippen LogP contribution >= 0.6 is 0 Å². The first kappa shape index (κ1) is 31.9. The van der Waals surface area contributed by atoms with Crippen LogP contribution in [0.4, 0.5) is 0 Å². The number of hydrogen-bond acceptors (Lipinski definition) is 4. The molecule has 3 heterocycles. The normalized spacial score (nSPS) is 11.6. The number of hydrogen-bond donors (Lipinski definition) is 0. The standard InChI is InChI=1S/C51H32N4O/c1-2-12-33(13-3-1)34-24-26-35(27-25-34)49-52-50(54-51(53-49)39-28-29-44-43-20-6-9-23-47(43)56-48(44)32-39)38-16-10-14-36(30-38)37-15-11-17-40(31-37)55-45-21-7-4-18-41(45)42-19-5-8-22-46(42)55/h1-32H. The molecule has 0 aliphatic rings. The zero-order chi connectivity index (χ0) is 37.0. The predicted octanol–water partition coefficient (Wildman–Crippen LogP) is 13.2. The average Bonchev–Trinajstić information content (AvgIpc) is 3.82. The molecule has 0 amide bonds. The Balaban J connectivity index is 1.03. The van der Waals surface area contributed by atoms with Gasteiger partial charge in [-0.25, -0.2) is 15.0 Å². The van der Waals surface area contributed by atoms with Gasteiger partial charge in [0.05, 0.1) is 11.0 Å². The van der Waals surface area contributed by atoms with Gasteiger partial charge in [-0.2, -0.15) is 0 Å². The highest BCUT2D eigenvalue weighted by atomic mass is 16.3. The molecule has 0 spiro atoms. The second-order valence-corrected chi connectivity index (χ2v) is 14.1. The van der Waals surface area contributed by atoms with Crippen molar-refractivity contribution in [3.8, 4) is 62.1 Å². The van der Waals surface area contributed by atoms with E-state index in [9.17, 15) is 0 Å². The molecule has 0 saturated heterocycles. The molecule has 11 rings (SSSR count). The van der Waals surface area contributed by atoms with Crippen molar-refractivity contribution >= 4 is 43.7 Å². The summed E-state index contributed by atoms with van der Waals surface area (Å²) in [5.41, 5.74) is 12.3. The third-order valence-corrected chi connectivity index (χ3v) is 10.7. The predicted molar refractivity (Wildman–Crippen MR) is 229 cm³/mol. The van der Waals surface area contributed by atoms with Crippen LogP contribution in [0.1, 0.15) is 0 Å². The Bertz CT molecular complexity index is 3200. The second-order valence-electron chi connectivity index (χ2n) is 14.1. The summed E-state index contributed by atoms with van der Waals surface area (Å²) < 4.78 is 8.63. The van der Waals surface area contributed by atoms with Crippen LogP contribution in [0.15, 0.2) is 199 Å². The van der Waals surface area contributed by atoms with Crippen molar-refractivity contribution in [2.75, 3.05) is 0 Å². The van der Waals surface area contributed by atoms with Gasteiger partial charge in [0.25, 0.3) is 0 Å². The minimum Gasteiger partial charge on any atom is -0.456 e. The van der Waals surface area contributed by atoms with E-state index in [2.05, 4.69) is 168 Å². The summed E-state index contributed by atoms with van der Waals surface area (Å²) in [4.78, 5) is 15.3. The lowest BCUT2D eigenvalue weighted by atomic mass is 10.0. The average molecular weight is 717 g/mol. The van der Waals surface area contributed by atoms with Crippen molar-refractivity contribution in [1.29, 1.82) is 0 Å². The van der Waals surface area contributed by atoms with Gasteiger partial charge in [0.1, 0.15) is 11.2 Å². The Labute approximate surface area is 322 Å². The van der Waals surface area contributed by atoms with Crippen molar-refractivity contribution in [3.05, 3.63) is 194 Å². The van der Waals surface area contributed by atoms with E-state index < -0.39 is 0 Å². The number of rotatable bonds is 6. The fraction of sp³-hybridized carbons (Fsp3) is 0. The lowest BCUT2D eigenvalue weighted by Crippen LogP contribution is -2.00. The van der Waals surface area contributed by atoms with E-state index in [0.717, 1.165) is 66.6 Å². The summed E-state index contributed by atoms with van der Waals surface area (Å²) in [6, 6.07) is 67.6. The molecule has 0 radical (unpaired) electrons. The Hall–Kier alpha value is -7.63. The van der Waals surface area contributed by atoms with Gasteiger partial charge in [-0.05, 0) is 70.8 Å². The van der Waals surface area contributed by atoms with E-state index in [1.807, 2.05) is 30.3 Å². The lowest BCUT2D eigenvalue weighted by Gasteiger charge is -2.12. The number of furan rings is 1. The summed E-state index contributed by atoms with van der Waals surface area (Å²) in [5, 5.41) is 4.63. The molecule has 0 atom stereocenters. The highest BCUT2D eigenvalue weighted by Crippen LogP contribution is 2.36. The van der Waals surface area contributed by atoms with Crippen molar-refractivity contribution in [3.63, 3.8) is 0 Å². The summed E-state index contributed by atoms with van der Waals surface area (Å²) in [6.07, 6.45) is 0. The van der Waals surface area contributed by atoms with Crippen LogP contribution in [-0.2, 0) is 0 Å². The highest BCUT2D eigenvalue weighted by Gasteiger charge is 2.17. The molecule has 11 aromatic rings. The van der Waals surface area contributed by atoms with Gasteiger partial charge in [-0.3, -0.25) is 0 Å². The third-order valence-electron chi connectivity index (χ3n) is 10.7. The molecule has 3 aromatic heterocycles.